The third kappa shape index (κ3) is 4.76. The summed E-state index contributed by atoms with van der Waals surface area (Å²) in [4.78, 5) is 12.7. The molecule has 0 saturated carbocycles. The molecule has 1 heterocycles. The Bertz CT molecular complexity index is 1000. The van der Waals surface area contributed by atoms with Gasteiger partial charge in [-0.05, 0) is 62.2 Å². The number of carbonyl (C=O) groups is 1. The minimum Gasteiger partial charge on any atom is -0.497 e. The van der Waals surface area contributed by atoms with Crippen LogP contribution in [0.1, 0.15) is 46.0 Å². The average molecular weight is 409 g/mol. The molecule has 1 unspecified atom stereocenters. The van der Waals surface area contributed by atoms with Crippen LogP contribution in [-0.4, -0.2) is 20.1 Å². The van der Waals surface area contributed by atoms with Crippen molar-refractivity contribution in [3.63, 3.8) is 0 Å². The van der Waals surface area contributed by atoms with Crippen molar-refractivity contribution in [2.45, 2.75) is 33.4 Å². The maximum absolute atomic E-state index is 12.7. The van der Waals surface area contributed by atoms with Gasteiger partial charge in [0.25, 0.3) is 5.91 Å². The van der Waals surface area contributed by atoms with E-state index in [0.29, 0.717) is 17.3 Å². The van der Waals surface area contributed by atoms with Crippen LogP contribution in [0.25, 0.3) is 0 Å². The molecule has 0 aliphatic rings. The minimum absolute atomic E-state index is 0.226. The van der Waals surface area contributed by atoms with Crippen LogP contribution in [0, 0.1) is 13.8 Å². The maximum atomic E-state index is 12.7. The number of aryl methyl sites for hydroxylation is 2. The van der Waals surface area contributed by atoms with Gasteiger partial charge < -0.3 is 23.9 Å². The van der Waals surface area contributed by atoms with Gasteiger partial charge in [0.15, 0.2) is 5.76 Å². The molecule has 6 heteroatoms. The van der Waals surface area contributed by atoms with Crippen molar-refractivity contribution in [3.05, 3.63) is 76.7 Å². The molecular weight excluding hydrogens is 382 g/mol. The van der Waals surface area contributed by atoms with E-state index in [-0.39, 0.29) is 24.3 Å². The summed E-state index contributed by atoms with van der Waals surface area (Å²) >= 11 is 0. The van der Waals surface area contributed by atoms with E-state index >= 15 is 0 Å². The number of carbonyl (C=O) groups excluding carboxylic acids is 1. The quantitative estimate of drug-likeness (QED) is 0.568. The lowest BCUT2D eigenvalue weighted by Gasteiger charge is -2.17. The number of nitrogens with one attached hydrogen (secondary N) is 1. The molecule has 3 rings (SSSR count). The first kappa shape index (κ1) is 21.3. The van der Waals surface area contributed by atoms with E-state index in [9.17, 15) is 4.79 Å². The Morgan fingerprint density at radius 2 is 1.77 bits per heavy atom. The molecule has 0 aliphatic carbocycles. The number of hydrogen-bond donors (Lipinski definition) is 1. The van der Waals surface area contributed by atoms with Crippen LogP contribution in [0.2, 0.25) is 0 Å². The molecule has 1 amide bonds. The lowest BCUT2D eigenvalue weighted by atomic mass is 10.1. The second kappa shape index (κ2) is 9.39. The molecule has 158 valence electrons. The highest BCUT2D eigenvalue weighted by Gasteiger charge is 2.18. The van der Waals surface area contributed by atoms with Crippen molar-refractivity contribution < 1.29 is 23.4 Å². The first-order chi connectivity index (χ1) is 14.4. The molecule has 0 spiro atoms. The van der Waals surface area contributed by atoms with Gasteiger partial charge in [-0.2, -0.15) is 0 Å². The van der Waals surface area contributed by atoms with Crippen molar-refractivity contribution in [1.29, 1.82) is 0 Å². The summed E-state index contributed by atoms with van der Waals surface area (Å²) < 4.78 is 22.3. The highest BCUT2D eigenvalue weighted by atomic mass is 16.5. The Morgan fingerprint density at radius 3 is 2.43 bits per heavy atom. The van der Waals surface area contributed by atoms with Gasteiger partial charge in [0.2, 0.25) is 0 Å². The average Bonchev–Trinajstić information content (AvgIpc) is 3.22. The normalized spacial score (nSPS) is 11.6. The number of methoxy groups -OCH3 is 2. The lowest BCUT2D eigenvalue weighted by molar-refractivity contribution is 0.0907. The van der Waals surface area contributed by atoms with Crippen LogP contribution in [0.4, 0.5) is 0 Å². The van der Waals surface area contributed by atoms with Crippen LogP contribution in [0.3, 0.4) is 0 Å². The summed E-state index contributed by atoms with van der Waals surface area (Å²) in [5, 5.41) is 2.93. The fourth-order valence-electron chi connectivity index (χ4n) is 3.27. The Balaban J connectivity index is 1.66. The van der Waals surface area contributed by atoms with Crippen LogP contribution >= 0.6 is 0 Å². The van der Waals surface area contributed by atoms with Crippen LogP contribution < -0.4 is 19.5 Å². The molecule has 6 nitrogen and oxygen atoms in total. The summed E-state index contributed by atoms with van der Waals surface area (Å²) in [7, 11) is 3.19. The molecule has 0 radical (unpaired) electrons. The molecule has 1 atom stereocenters. The third-order valence-corrected chi connectivity index (χ3v) is 4.90. The van der Waals surface area contributed by atoms with Crippen LogP contribution in [0.5, 0.6) is 17.2 Å². The Morgan fingerprint density at radius 1 is 1.03 bits per heavy atom. The molecule has 0 aliphatic heterocycles. The number of rotatable bonds is 8. The monoisotopic (exact) mass is 409 g/mol. The third-order valence-electron chi connectivity index (χ3n) is 4.90. The fraction of sp³-hybridized carbons (Fsp3) is 0.292. The van der Waals surface area contributed by atoms with E-state index in [1.165, 1.54) is 0 Å². The zero-order valence-corrected chi connectivity index (χ0v) is 17.9. The molecule has 3 aromatic rings. The molecular formula is C24H27NO5. The Hall–Kier alpha value is -3.41. The molecule has 2 aromatic carbocycles. The summed E-state index contributed by atoms with van der Waals surface area (Å²) in [6.45, 7) is 6.12. The number of furan rings is 1. The van der Waals surface area contributed by atoms with Gasteiger partial charge in [-0.15, -0.1) is 0 Å². The Kier molecular flexibility index (Phi) is 6.67. The van der Waals surface area contributed by atoms with E-state index in [2.05, 4.69) is 5.32 Å². The van der Waals surface area contributed by atoms with Gasteiger partial charge in [-0.25, -0.2) is 0 Å². The van der Waals surface area contributed by atoms with E-state index in [1.807, 2.05) is 57.2 Å². The van der Waals surface area contributed by atoms with E-state index in [1.54, 1.807) is 26.4 Å². The zero-order valence-electron chi connectivity index (χ0n) is 17.9. The van der Waals surface area contributed by atoms with Crippen molar-refractivity contribution in [2.24, 2.45) is 0 Å². The predicted octanol–water partition coefficient (Wildman–Crippen LogP) is 4.98. The number of benzene rings is 2. The van der Waals surface area contributed by atoms with E-state index in [4.69, 9.17) is 18.6 Å². The molecule has 1 N–H and O–H groups in total. The predicted molar refractivity (Wildman–Crippen MR) is 114 cm³/mol. The topological polar surface area (TPSA) is 69.9 Å². The maximum Gasteiger partial charge on any atom is 0.287 e. The van der Waals surface area contributed by atoms with E-state index < -0.39 is 0 Å². The standard InChI is InChI=1S/C24H27NO5/c1-15-7-6-8-16(2)23(15)29-14-19-10-12-22(30-19)24(26)25-17(3)20-13-18(27-4)9-11-21(20)28-5/h6-13,17H,14H2,1-5H3,(H,25,26). The Labute approximate surface area is 176 Å². The molecule has 0 bridgehead atoms. The fourth-order valence-corrected chi connectivity index (χ4v) is 3.27. The summed E-state index contributed by atoms with van der Waals surface area (Å²) in [5.74, 6) is 2.68. The number of ether oxygens (including phenoxy) is 3. The first-order valence-electron chi connectivity index (χ1n) is 9.73. The van der Waals surface area contributed by atoms with Crippen molar-refractivity contribution >= 4 is 5.91 Å². The molecule has 0 fully saturated rings. The van der Waals surface area contributed by atoms with Gasteiger partial charge >= 0.3 is 0 Å². The summed E-state index contributed by atoms with van der Waals surface area (Å²) in [6.07, 6.45) is 0. The molecule has 30 heavy (non-hydrogen) atoms. The van der Waals surface area contributed by atoms with E-state index in [0.717, 1.165) is 22.4 Å². The van der Waals surface area contributed by atoms with Gasteiger partial charge in [-0.3, -0.25) is 4.79 Å². The summed E-state index contributed by atoms with van der Waals surface area (Å²) in [5.41, 5.74) is 2.93. The highest BCUT2D eigenvalue weighted by molar-refractivity contribution is 5.91. The number of amides is 1. The smallest absolute Gasteiger partial charge is 0.287 e. The largest absolute Gasteiger partial charge is 0.497 e. The summed E-state index contributed by atoms with van der Waals surface area (Å²) in [6, 6.07) is 14.5. The second-order valence-electron chi connectivity index (χ2n) is 7.08. The van der Waals surface area contributed by atoms with Crippen molar-refractivity contribution in [1.82, 2.24) is 5.32 Å². The minimum atomic E-state index is -0.314. The SMILES string of the molecule is COc1ccc(OC)c(C(C)NC(=O)c2ccc(COc3c(C)cccc3C)o2)c1. The van der Waals surface area contributed by atoms with Crippen molar-refractivity contribution in [2.75, 3.05) is 14.2 Å². The number of para-hydroxylation sites is 1. The molecule has 1 aromatic heterocycles. The molecule has 0 saturated heterocycles. The van der Waals surface area contributed by atoms with Gasteiger partial charge in [-0.1, -0.05) is 18.2 Å². The van der Waals surface area contributed by atoms with Crippen molar-refractivity contribution in [3.8, 4) is 17.2 Å². The first-order valence-corrected chi connectivity index (χ1v) is 9.73. The van der Waals surface area contributed by atoms with Gasteiger partial charge in [0.05, 0.1) is 20.3 Å². The highest BCUT2D eigenvalue weighted by Crippen LogP contribution is 2.29. The van der Waals surface area contributed by atoms with Crippen LogP contribution in [0.15, 0.2) is 52.9 Å². The second-order valence-corrected chi connectivity index (χ2v) is 7.08. The van der Waals surface area contributed by atoms with Crippen LogP contribution in [-0.2, 0) is 6.61 Å². The number of hydrogen-bond acceptors (Lipinski definition) is 5. The van der Waals surface area contributed by atoms with Gasteiger partial charge in [0.1, 0.15) is 29.6 Å². The van der Waals surface area contributed by atoms with Gasteiger partial charge in [0, 0.05) is 5.56 Å². The zero-order chi connectivity index (χ0) is 21.7. The lowest BCUT2D eigenvalue weighted by Crippen LogP contribution is -2.26.